The van der Waals surface area contributed by atoms with Gasteiger partial charge in [-0.2, -0.15) is 5.10 Å². The minimum Gasteiger partial charge on any atom is -0.361 e. The van der Waals surface area contributed by atoms with Gasteiger partial charge in [0.2, 0.25) is 0 Å². The maximum absolute atomic E-state index is 12.0. The summed E-state index contributed by atoms with van der Waals surface area (Å²) in [6, 6.07) is 8.54. The lowest BCUT2D eigenvalue weighted by Gasteiger charge is -2.24. The van der Waals surface area contributed by atoms with Gasteiger partial charge >= 0.3 is 0 Å². The van der Waals surface area contributed by atoms with Crippen LogP contribution in [-0.2, 0) is 16.4 Å². The van der Waals surface area contributed by atoms with Gasteiger partial charge in [0.1, 0.15) is 4.90 Å². The number of nitrogens with zero attached hydrogens (tertiary/aromatic N) is 2. The molecule has 0 amide bonds. The average molecular weight is 344 g/mol. The number of hydrogen-bond acceptors (Lipinski definition) is 4. The molecule has 2 aromatic heterocycles. The maximum Gasteiger partial charge on any atom is 0.178 e. The lowest BCUT2D eigenvalue weighted by atomic mass is 10.1. The molecule has 24 heavy (non-hydrogen) atoms. The van der Waals surface area contributed by atoms with Crippen LogP contribution in [0.4, 0.5) is 0 Å². The van der Waals surface area contributed by atoms with Crippen LogP contribution in [0.1, 0.15) is 30.1 Å². The number of hydrogen-bond donors (Lipinski definition) is 2. The van der Waals surface area contributed by atoms with Crippen molar-refractivity contribution in [2.24, 2.45) is 0 Å². The second-order valence-electron chi connectivity index (χ2n) is 6.45. The van der Waals surface area contributed by atoms with E-state index in [-0.39, 0.29) is 6.04 Å². The summed E-state index contributed by atoms with van der Waals surface area (Å²) in [6.07, 6.45) is 6.60. The second-order valence-corrected chi connectivity index (χ2v) is 8.43. The van der Waals surface area contributed by atoms with Gasteiger partial charge in [0, 0.05) is 24.5 Å². The van der Waals surface area contributed by atoms with E-state index in [9.17, 15) is 8.42 Å². The molecule has 3 heterocycles. The van der Waals surface area contributed by atoms with E-state index >= 15 is 0 Å². The number of fused-ring (bicyclic) bond motifs is 1. The Hall–Kier alpha value is -2.12. The van der Waals surface area contributed by atoms with E-state index in [0.29, 0.717) is 4.90 Å². The Morgan fingerprint density at radius 1 is 1.33 bits per heavy atom. The third-order valence-corrected chi connectivity index (χ3v) is 5.86. The fourth-order valence-electron chi connectivity index (χ4n) is 3.60. The molecular weight excluding hydrogens is 324 g/mol. The Bertz CT molecular complexity index is 973. The number of aromatic nitrogens is 3. The minimum absolute atomic E-state index is 0.0687. The van der Waals surface area contributed by atoms with Crippen LogP contribution in [0.2, 0.25) is 0 Å². The van der Waals surface area contributed by atoms with Crippen molar-refractivity contribution in [2.75, 3.05) is 12.8 Å². The molecule has 0 radical (unpaired) electrons. The molecule has 1 aliphatic rings. The monoisotopic (exact) mass is 344 g/mol. The number of rotatable bonds is 4. The minimum atomic E-state index is -3.27. The number of aromatic amines is 2. The molecule has 4 rings (SSSR count). The number of H-pyrrole nitrogens is 2. The Labute approximate surface area is 140 Å². The van der Waals surface area contributed by atoms with Crippen LogP contribution in [0.25, 0.3) is 10.9 Å². The molecule has 126 valence electrons. The zero-order valence-electron chi connectivity index (χ0n) is 13.5. The molecule has 1 saturated heterocycles. The zero-order valence-corrected chi connectivity index (χ0v) is 14.3. The van der Waals surface area contributed by atoms with Gasteiger partial charge in [-0.1, -0.05) is 6.07 Å². The quantitative estimate of drug-likeness (QED) is 0.762. The highest BCUT2D eigenvalue weighted by Crippen LogP contribution is 2.35. The Morgan fingerprint density at radius 3 is 3.04 bits per heavy atom. The molecule has 0 saturated carbocycles. The Kier molecular flexibility index (Phi) is 3.69. The predicted octanol–water partition coefficient (Wildman–Crippen LogP) is 2.63. The van der Waals surface area contributed by atoms with E-state index in [4.69, 9.17) is 0 Å². The molecule has 6 nitrogen and oxygen atoms in total. The molecule has 7 heteroatoms. The van der Waals surface area contributed by atoms with E-state index in [1.807, 2.05) is 6.20 Å². The van der Waals surface area contributed by atoms with Gasteiger partial charge in [0.25, 0.3) is 0 Å². The summed E-state index contributed by atoms with van der Waals surface area (Å²) in [4.78, 5) is 5.85. The number of benzene rings is 1. The largest absolute Gasteiger partial charge is 0.361 e. The molecule has 1 atom stereocenters. The molecule has 0 unspecified atom stereocenters. The first-order valence-electron chi connectivity index (χ1n) is 8.06. The van der Waals surface area contributed by atoms with Crippen LogP contribution in [0.3, 0.4) is 0 Å². The molecule has 0 spiro atoms. The fraction of sp³-hybridized carbons (Fsp3) is 0.353. The standard InChI is InChI=1S/C17H20N4O2S/c1-24(22,23)16-10-19-20-17(16)15-3-2-8-21(15)11-12-4-5-14-13(9-12)6-7-18-14/h4-7,9-10,15,18H,2-3,8,11H2,1H3,(H,19,20)/t15-/m0/s1. The average Bonchev–Trinajstić information content (AvgIpc) is 3.25. The van der Waals surface area contributed by atoms with E-state index in [1.54, 1.807) is 0 Å². The third kappa shape index (κ3) is 2.74. The van der Waals surface area contributed by atoms with Gasteiger partial charge in [-0.15, -0.1) is 0 Å². The van der Waals surface area contributed by atoms with Gasteiger partial charge in [-0.3, -0.25) is 10.00 Å². The van der Waals surface area contributed by atoms with Gasteiger partial charge < -0.3 is 4.98 Å². The Morgan fingerprint density at radius 2 is 2.21 bits per heavy atom. The molecule has 1 fully saturated rings. The van der Waals surface area contributed by atoms with E-state index in [1.165, 1.54) is 23.4 Å². The molecule has 3 aromatic rings. The topological polar surface area (TPSA) is 81.8 Å². The van der Waals surface area contributed by atoms with Crippen LogP contribution in [-0.4, -0.2) is 41.3 Å². The normalized spacial score (nSPS) is 19.3. The van der Waals surface area contributed by atoms with Crippen molar-refractivity contribution < 1.29 is 8.42 Å². The van der Waals surface area contributed by atoms with E-state index in [0.717, 1.165) is 37.1 Å². The van der Waals surface area contributed by atoms with E-state index < -0.39 is 9.84 Å². The first-order valence-corrected chi connectivity index (χ1v) is 9.95. The van der Waals surface area contributed by atoms with Gasteiger partial charge in [0.15, 0.2) is 9.84 Å². The summed E-state index contributed by atoms with van der Waals surface area (Å²) in [5, 5.41) is 8.09. The molecule has 0 bridgehead atoms. The SMILES string of the molecule is CS(=O)(=O)c1cn[nH]c1[C@@H]1CCCN1Cc1ccc2[nH]ccc2c1. The van der Waals surface area contributed by atoms with Gasteiger partial charge in [-0.25, -0.2) is 8.42 Å². The zero-order chi connectivity index (χ0) is 16.7. The molecule has 0 aliphatic carbocycles. The molecule has 1 aromatic carbocycles. The Balaban J connectivity index is 1.62. The smallest absolute Gasteiger partial charge is 0.178 e. The summed E-state index contributed by atoms with van der Waals surface area (Å²) >= 11 is 0. The number of nitrogens with one attached hydrogen (secondary N) is 2. The van der Waals surface area contributed by atoms with Crippen molar-refractivity contribution in [1.82, 2.24) is 20.1 Å². The first-order chi connectivity index (χ1) is 11.5. The summed E-state index contributed by atoms with van der Waals surface area (Å²) in [6.45, 7) is 1.76. The molecule has 2 N–H and O–H groups in total. The summed E-state index contributed by atoms with van der Waals surface area (Å²) in [5.74, 6) is 0. The number of sulfone groups is 1. The van der Waals surface area contributed by atoms with E-state index in [2.05, 4.69) is 44.3 Å². The molecule has 1 aliphatic heterocycles. The highest BCUT2D eigenvalue weighted by Gasteiger charge is 2.31. The van der Waals surface area contributed by atoms with Gasteiger partial charge in [0.05, 0.1) is 17.9 Å². The lowest BCUT2D eigenvalue weighted by molar-refractivity contribution is 0.242. The van der Waals surface area contributed by atoms with Crippen LogP contribution < -0.4 is 0 Å². The third-order valence-electron chi connectivity index (χ3n) is 4.73. The van der Waals surface area contributed by atoms with Crippen molar-refractivity contribution in [3.8, 4) is 0 Å². The first kappa shape index (κ1) is 15.4. The van der Waals surface area contributed by atoms with Crippen molar-refractivity contribution >= 4 is 20.7 Å². The van der Waals surface area contributed by atoms with Crippen molar-refractivity contribution in [1.29, 1.82) is 0 Å². The molecular formula is C17H20N4O2S. The van der Waals surface area contributed by atoms with Crippen LogP contribution >= 0.6 is 0 Å². The maximum atomic E-state index is 12.0. The second kappa shape index (κ2) is 5.75. The summed E-state index contributed by atoms with van der Waals surface area (Å²) in [5.41, 5.74) is 3.08. The van der Waals surface area contributed by atoms with Crippen LogP contribution in [0, 0.1) is 0 Å². The fourth-order valence-corrected chi connectivity index (χ4v) is 4.42. The van der Waals surface area contributed by atoms with Crippen LogP contribution in [0.15, 0.2) is 41.6 Å². The number of likely N-dealkylation sites (tertiary alicyclic amines) is 1. The highest BCUT2D eigenvalue weighted by molar-refractivity contribution is 7.90. The van der Waals surface area contributed by atoms with Crippen molar-refractivity contribution in [2.45, 2.75) is 30.3 Å². The van der Waals surface area contributed by atoms with Crippen LogP contribution in [0.5, 0.6) is 0 Å². The summed E-state index contributed by atoms with van der Waals surface area (Å²) < 4.78 is 23.9. The highest BCUT2D eigenvalue weighted by atomic mass is 32.2. The van der Waals surface area contributed by atoms with Crippen molar-refractivity contribution in [3.63, 3.8) is 0 Å². The van der Waals surface area contributed by atoms with Gasteiger partial charge in [-0.05, 0) is 48.5 Å². The lowest BCUT2D eigenvalue weighted by Crippen LogP contribution is -2.24. The predicted molar refractivity (Wildman–Crippen MR) is 92.4 cm³/mol. The summed E-state index contributed by atoms with van der Waals surface area (Å²) in [7, 11) is -3.27. The van der Waals surface area contributed by atoms with Crippen molar-refractivity contribution in [3.05, 3.63) is 47.9 Å².